The summed E-state index contributed by atoms with van der Waals surface area (Å²) in [5, 5.41) is 9.25. The summed E-state index contributed by atoms with van der Waals surface area (Å²) in [6.07, 6.45) is 3.40. The molecule has 0 fully saturated rings. The number of esters is 1. The monoisotopic (exact) mass is 200 g/mol. The summed E-state index contributed by atoms with van der Waals surface area (Å²) in [6, 6.07) is 0. The van der Waals surface area contributed by atoms with E-state index in [0.29, 0.717) is 13.2 Å². The van der Waals surface area contributed by atoms with E-state index in [2.05, 4.69) is 11.3 Å². The Hall–Kier alpha value is -1.29. The fourth-order valence-electron chi connectivity index (χ4n) is 0.729. The highest BCUT2D eigenvalue weighted by Gasteiger charge is 2.07. The van der Waals surface area contributed by atoms with Crippen molar-refractivity contribution in [1.82, 2.24) is 0 Å². The molecule has 4 nitrogen and oxygen atoms in total. The van der Waals surface area contributed by atoms with Gasteiger partial charge in [-0.2, -0.15) is 0 Å². The molecule has 0 saturated carbocycles. The fourth-order valence-corrected chi connectivity index (χ4v) is 0.729. The number of ether oxygens (including phenoxy) is 2. The van der Waals surface area contributed by atoms with Gasteiger partial charge in [0.1, 0.15) is 6.61 Å². The van der Waals surface area contributed by atoms with E-state index < -0.39 is 12.1 Å². The quantitative estimate of drug-likeness (QED) is 0.288. The van der Waals surface area contributed by atoms with Crippen LogP contribution in [0.4, 0.5) is 0 Å². The summed E-state index contributed by atoms with van der Waals surface area (Å²) in [6.45, 7) is 5.87. The maximum absolute atomic E-state index is 10.9. The molecule has 1 unspecified atom stereocenters. The van der Waals surface area contributed by atoms with E-state index >= 15 is 0 Å². The molecule has 1 atom stereocenters. The maximum atomic E-state index is 10.9. The molecule has 0 rings (SSSR count). The molecular formula is C10H16O4. The molecule has 0 aromatic rings. The topological polar surface area (TPSA) is 55.8 Å². The lowest BCUT2D eigenvalue weighted by atomic mass is 10.2. The van der Waals surface area contributed by atoms with Gasteiger partial charge in [0.2, 0.25) is 0 Å². The zero-order chi connectivity index (χ0) is 10.8. The molecule has 0 bridgehead atoms. The Kier molecular flexibility index (Phi) is 7.55. The van der Waals surface area contributed by atoms with Gasteiger partial charge in [0.25, 0.3) is 0 Å². The summed E-state index contributed by atoms with van der Waals surface area (Å²) in [5.41, 5.74) is 0. The van der Waals surface area contributed by atoms with Crippen molar-refractivity contribution < 1.29 is 19.4 Å². The lowest BCUT2D eigenvalue weighted by Crippen LogP contribution is -2.13. The lowest BCUT2D eigenvalue weighted by molar-refractivity contribution is -0.144. The highest BCUT2D eigenvalue weighted by atomic mass is 16.5. The van der Waals surface area contributed by atoms with Gasteiger partial charge < -0.3 is 14.6 Å². The van der Waals surface area contributed by atoms with Gasteiger partial charge in [-0.3, -0.25) is 4.79 Å². The molecule has 0 heterocycles. The van der Waals surface area contributed by atoms with Crippen molar-refractivity contribution in [2.24, 2.45) is 0 Å². The van der Waals surface area contributed by atoms with Crippen LogP contribution in [0.25, 0.3) is 0 Å². The SMILES string of the molecule is C=CCOC=CC(O)CC(=O)OCC. The summed E-state index contributed by atoms with van der Waals surface area (Å²) < 4.78 is 9.53. The second kappa shape index (κ2) is 8.31. The first kappa shape index (κ1) is 12.7. The zero-order valence-electron chi connectivity index (χ0n) is 8.31. The molecule has 14 heavy (non-hydrogen) atoms. The van der Waals surface area contributed by atoms with Crippen LogP contribution in [-0.4, -0.2) is 30.4 Å². The number of aliphatic hydroxyl groups is 1. The highest BCUT2D eigenvalue weighted by molar-refractivity contribution is 5.70. The molecule has 0 aliphatic carbocycles. The van der Waals surface area contributed by atoms with E-state index in [9.17, 15) is 9.90 Å². The van der Waals surface area contributed by atoms with E-state index in [1.165, 1.54) is 12.3 Å². The molecule has 0 aliphatic heterocycles. The van der Waals surface area contributed by atoms with Crippen molar-refractivity contribution in [2.75, 3.05) is 13.2 Å². The molecule has 4 heteroatoms. The van der Waals surface area contributed by atoms with Gasteiger partial charge in [-0.05, 0) is 13.0 Å². The normalized spacial score (nSPS) is 12.4. The van der Waals surface area contributed by atoms with Crippen LogP contribution in [0, 0.1) is 0 Å². The van der Waals surface area contributed by atoms with Crippen molar-refractivity contribution in [3.05, 3.63) is 25.0 Å². The first-order chi connectivity index (χ1) is 6.70. The van der Waals surface area contributed by atoms with E-state index in [1.54, 1.807) is 13.0 Å². The molecule has 0 aliphatic rings. The first-order valence-corrected chi connectivity index (χ1v) is 4.43. The molecular weight excluding hydrogens is 184 g/mol. The van der Waals surface area contributed by atoms with Crippen LogP contribution >= 0.6 is 0 Å². The minimum atomic E-state index is -0.862. The average Bonchev–Trinajstić information content (AvgIpc) is 2.13. The predicted octanol–water partition coefficient (Wildman–Crippen LogP) is 1.02. The Morgan fingerprint density at radius 3 is 2.93 bits per heavy atom. The Morgan fingerprint density at radius 1 is 1.64 bits per heavy atom. The van der Waals surface area contributed by atoms with Gasteiger partial charge in [-0.15, -0.1) is 0 Å². The van der Waals surface area contributed by atoms with E-state index in [-0.39, 0.29) is 6.42 Å². The van der Waals surface area contributed by atoms with Crippen molar-refractivity contribution in [2.45, 2.75) is 19.4 Å². The highest BCUT2D eigenvalue weighted by Crippen LogP contribution is 1.96. The van der Waals surface area contributed by atoms with Crippen molar-refractivity contribution in [3.8, 4) is 0 Å². The summed E-state index contributed by atoms with van der Waals surface area (Å²) in [7, 11) is 0. The Morgan fingerprint density at radius 2 is 2.36 bits per heavy atom. The van der Waals surface area contributed by atoms with E-state index in [4.69, 9.17) is 4.74 Å². The number of hydrogen-bond donors (Lipinski definition) is 1. The summed E-state index contributed by atoms with van der Waals surface area (Å²) >= 11 is 0. The minimum absolute atomic E-state index is 0.0538. The Balaban J connectivity index is 3.62. The maximum Gasteiger partial charge on any atom is 0.308 e. The number of carbonyl (C=O) groups excluding carboxylic acids is 1. The number of hydrogen-bond acceptors (Lipinski definition) is 4. The number of rotatable bonds is 7. The molecule has 0 spiro atoms. The van der Waals surface area contributed by atoms with Gasteiger partial charge in [-0.1, -0.05) is 12.7 Å². The van der Waals surface area contributed by atoms with Crippen LogP contribution in [0.3, 0.4) is 0 Å². The van der Waals surface area contributed by atoms with Crippen LogP contribution in [-0.2, 0) is 14.3 Å². The molecule has 0 aromatic heterocycles. The fraction of sp³-hybridized carbons (Fsp3) is 0.500. The van der Waals surface area contributed by atoms with Gasteiger partial charge in [0, 0.05) is 0 Å². The molecule has 1 N–H and O–H groups in total. The van der Waals surface area contributed by atoms with Gasteiger partial charge in [-0.25, -0.2) is 0 Å². The number of carbonyl (C=O) groups is 1. The molecule has 80 valence electrons. The van der Waals surface area contributed by atoms with Crippen molar-refractivity contribution in [3.63, 3.8) is 0 Å². The van der Waals surface area contributed by atoms with Gasteiger partial charge in [0.05, 0.1) is 25.4 Å². The van der Waals surface area contributed by atoms with Crippen LogP contribution in [0.1, 0.15) is 13.3 Å². The van der Waals surface area contributed by atoms with Crippen LogP contribution in [0.2, 0.25) is 0 Å². The molecule has 0 aromatic carbocycles. The van der Waals surface area contributed by atoms with Crippen LogP contribution < -0.4 is 0 Å². The average molecular weight is 200 g/mol. The van der Waals surface area contributed by atoms with E-state index in [0.717, 1.165) is 0 Å². The summed E-state index contributed by atoms with van der Waals surface area (Å²) in [5.74, 6) is -0.423. The lowest BCUT2D eigenvalue weighted by Gasteiger charge is -2.04. The van der Waals surface area contributed by atoms with Gasteiger partial charge in [0.15, 0.2) is 0 Å². The second-order valence-corrected chi connectivity index (χ2v) is 2.53. The second-order valence-electron chi connectivity index (χ2n) is 2.53. The Labute approximate surface area is 83.8 Å². The summed E-state index contributed by atoms with van der Waals surface area (Å²) in [4.78, 5) is 10.9. The zero-order valence-corrected chi connectivity index (χ0v) is 8.31. The minimum Gasteiger partial charge on any atom is -0.497 e. The van der Waals surface area contributed by atoms with E-state index in [1.807, 2.05) is 0 Å². The van der Waals surface area contributed by atoms with Gasteiger partial charge >= 0.3 is 5.97 Å². The number of aliphatic hydroxyl groups excluding tert-OH is 1. The predicted molar refractivity (Wildman–Crippen MR) is 52.5 cm³/mol. The third-order valence-electron chi connectivity index (χ3n) is 1.29. The smallest absolute Gasteiger partial charge is 0.308 e. The van der Waals surface area contributed by atoms with Crippen molar-refractivity contribution >= 4 is 5.97 Å². The molecule has 0 saturated heterocycles. The van der Waals surface area contributed by atoms with Crippen molar-refractivity contribution in [1.29, 1.82) is 0 Å². The third kappa shape index (κ3) is 7.36. The van der Waals surface area contributed by atoms with Crippen LogP contribution in [0.15, 0.2) is 25.0 Å². The third-order valence-corrected chi connectivity index (χ3v) is 1.29. The first-order valence-electron chi connectivity index (χ1n) is 4.43. The molecule has 0 radical (unpaired) electrons. The standard InChI is InChI=1S/C10H16O4/c1-3-6-13-7-5-9(11)8-10(12)14-4-2/h3,5,7,9,11H,1,4,6,8H2,2H3. The largest absolute Gasteiger partial charge is 0.497 e. The van der Waals surface area contributed by atoms with Crippen LogP contribution in [0.5, 0.6) is 0 Å². The molecule has 0 amide bonds. The Bertz CT molecular complexity index is 198.